The van der Waals surface area contributed by atoms with Crippen molar-refractivity contribution < 1.29 is 75.8 Å². The molecule has 0 bridgehead atoms. The number of carbonyl (C=O) groups is 2. The first-order valence-corrected chi connectivity index (χ1v) is 22.6. The lowest BCUT2D eigenvalue weighted by Crippen LogP contribution is -2.43. The van der Waals surface area contributed by atoms with Gasteiger partial charge in [-0.25, -0.2) is 33.7 Å². The Bertz CT molecular complexity index is 2450. The summed E-state index contributed by atoms with van der Waals surface area (Å²) in [7, 11) is -10.6. The summed E-state index contributed by atoms with van der Waals surface area (Å²) in [6.07, 6.45) is -7.56. The molecule has 64 heavy (non-hydrogen) atoms. The zero-order valence-corrected chi connectivity index (χ0v) is 35.3. The number of hydrogen-bond acceptors (Lipinski definition) is 20. The predicted molar refractivity (Wildman–Crippen MR) is 216 cm³/mol. The van der Waals surface area contributed by atoms with Gasteiger partial charge in [-0.1, -0.05) is 36.4 Å². The average Bonchev–Trinajstić information content (AvgIpc) is 4.05. The number of amides is 1. The van der Waals surface area contributed by atoms with Crippen LogP contribution >= 0.6 is 15.6 Å². The molecule has 4 aromatic rings. The van der Waals surface area contributed by atoms with Gasteiger partial charge in [0.25, 0.3) is 0 Å². The van der Waals surface area contributed by atoms with Crippen LogP contribution in [0, 0.1) is 0 Å². The highest BCUT2D eigenvalue weighted by Gasteiger charge is 2.54. The van der Waals surface area contributed by atoms with Crippen molar-refractivity contribution in [2.24, 2.45) is 0 Å². The number of hydrogen-bond donors (Lipinski definition) is 7. The van der Waals surface area contributed by atoms with E-state index in [1.54, 1.807) is 30.3 Å². The van der Waals surface area contributed by atoms with E-state index in [-0.39, 0.29) is 35.8 Å². The standard InChI is InChI=1S/C36H45N9O17P2/c1-2-3-10-23(46)43-25(19-8-5-4-6-9-19)35(48)61-28-20(58-33(27(28)47)45-18-41-26-31(38)39-17-40-32(26)45)16-57-64(53,54)62-29-21(15-56-63(50,51)52)59-34(30(29)60-24-11-7-14-55-24)44-13-12-22(37)42-36(44)49/h2,4-6,8-9,12-13,17-18,20-21,24-25,27-30,33-34,47H,1,3,7,10-11,14-16H2,(H,43,46)(H,53,54)(H2,37,42,49)(H2,38,39,40)(H2,50,51,52)/t20-,21+,24?,25?,27+,28+,29+,30+,33+,34+/m0/s1. The van der Waals surface area contributed by atoms with Crippen LogP contribution in [0.4, 0.5) is 11.6 Å². The summed E-state index contributed by atoms with van der Waals surface area (Å²) in [5.74, 6) is -1.72. The summed E-state index contributed by atoms with van der Waals surface area (Å²) in [5.41, 5.74) is 11.3. The van der Waals surface area contributed by atoms with Gasteiger partial charge in [0.1, 0.15) is 48.2 Å². The van der Waals surface area contributed by atoms with Gasteiger partial charge in [0.05, 0.1) is 19.5 Å². The third kappa shape index (κ3) is 11.1. The second-order valence-electron chi connectivity index (χ2n) is 14.6. The van der Waals surface area contributed by atoms with Gasteiger partial charge in [-0.3, -0.25) is 27.5 Å². The van der Waals surface area contributed by atoms with Gasteiger partial charge in [0.15, 0.2) is 42.4 Å². The summed E-state index contributed by atoms with van der Waals surface area (Å²) in [6.45, 7) is 2.00. The molecule has 3 unspecified atom stereocenters. The average molecular weight is 938 g/mol. The Morgan fingerprint density at radius 1 is 0.984 bits per heavy atom. The SMILES string of the molecule is C=CCCC(=O)NC(C(=O)O[C@H]1[C@@H](O)[C@H](n2cnc3c(N)ncnc32)O[C@H]1COP(=O)(O)O[C@H]1[C@@H](OC2CCCO2)[C@H](n2ccc(N)nc2=O)O[C@@H]1COP(=O)(O)O)c1ccccc1. The Morgan fingerprint density at radius 2 is 1.72 bits per heavy atom. The van der Waals surface area contributed by atoms with Crippen molar-refractivity contribution in [1.82, 2.24) is 34.4 Å². The van der Waals surface area contributed by atoms with E-state index in [0.717, 1.165) is 10.9 Å². The van der Waals surface area contributed by atoms with Crippen molar-refractivity contribution in [3.8, 4) is 0 Å². The molecular formula is C36H45N9O17P2. The van der Waals surface area contributed by atoms with Gasteiger partial charge < -0.3 is 60.3 Å². The van der Waals surface area contributed by atoms with Crippen LogP contribution in [0.1, 0.15) is 49.7 Å². The molecule has 11 atom stereocenters. The number of rotatable bonds is 19. The molecule has 9 N–H and O–H groups in total. The van der Waals surface area contributed by atoms with Crippen LogP contribution in [-0.2, 0) is 56.0 Å². The molecule has 0 aliphatic carbocycles. The molecule has 1 amide bonds. The molecule has 0 spiro atoms. The summed E-state index contributed by atoms with van der Waals surface area (Å²) in [4.78, 5) is 86.2. The van der Waals surface area contributed by atoms with E-state index >= 15 is 0 Å². The second-order valence-corrected chi connectivity index (χ2v) is 17.2. The molecule has 0 saturated carbocycles. The number of esters is 1. The molecular weight excluding hydrogens is 892 g/mol. The minimum Gasteiger partial charge on any atom is -0.455 e. The molecule has 3 aromatic heterocycles. The molecule has 346 valence electrons. The molecule has 3 aliphatic rings. The number of imidazole rings is 1. The van der Waals surface area contributed by atoms with Crippen LogP contribution in [0.5, 0.6) is 0 Å². The van der Waals surface area contributed by atoms with Crippen molar-refractivity contribution in [2.45, 2.75) is 87.1 Å². The third-order valence-corrected chi connectivity index (χ3v) is 11.6. The molecule has 26 nitrogen and oxygen atoms in total. The van der Waals surface area contributed by atoms with Gasteiger partial charge in [-0.15, -0.1) is 6.58 Å². The lowest BCUT2D eigenvalue weighted by molar-refractivity contribution is -0.181. The number of nitrogen functional groups attached to an aromatic ring is 2. The zero-order valence-electron chi connectivity index (χ0n) is 33.5. The maximum absolute atomic E-state index is 14.0. The van der Waals surface area contributed by atoms with Crippen molar-refractivity contribution in [2.75, 3.05) is 31.3 Å². The first-order chi connectivity index (χ1) is 30.5. The Labute approximate surface area is 362 Å². The number of aromatic nitrogens is 6. The highest BCUT2D eigenvalue weighted by atomic mass is 31.2. The molecule has 1 aromatic carbocycles. The largest absolute Gasteiger partial charge is 0.472 e. The monoisotopic (exact) mass is 937 g/mol. The van der Waals surface area contributed by atoms with E-state index in [1.807, 2.05) is 0 Å². The van der Waals surface area contributed by atoms with E-state index < -0.39 is 108 Å². The number of anilines is 2. The number of fused-ring (bicyclic) bond motifs is 1. The fourth-order valence-corrected chi connectivity index (χ4v) is 8.49. The van der Waals surface area contributed by atoms with Gasteiger partial charge in [-0.2, -0.15) is 4.98 Å². The highest BCUT2D eigenvalue weighted by molar-refractivity contribution is 7.47. The van der Waals surface area contributed by atoms with Gasteiger partial charge in [-0.05, 0) is 24.5 Å². The van der Waals surface area contributed by atoms with E-state index in [1.165, 1.54) is 29.2 Å². The molecule has 3 saturated heterocycles. The van der Waals surface area contributed by atoms with Crippen LogP contribution < -0.4 is 22.5 Å². The summed E-state index contributed by atoms with van der Waals surface area (Å²) < 4.78 is 73.3. The lowest BCUT2D eigenvalue weighted by Gasteiger charge is -2.29. The number of ether oxygens (including phenoxy) is 5. The molecule has 6 heterocycles. The molecule has 7 rings (SSSR count). The summed E-state index contributed by atoms with van der Waals surface area (Å²) in [5, 5.41) is 14.4. The van der Waals surface area contributed by atoms with Crippen LogP contribution in [0.3, 0.4) is 0 Å². The topological polar surface area (TPSA) is 366 Å². The Morgan fingerprint density at radius 3 is 2.42 bits per heavy atom. The molecule has 28 heteroatoms. The maximum Gasteiger partial charge on any atom is 0.472 e. The smallest absolute Gasteiger partial charge is 0.455 e. The number of phosphoric ester groups is 2. The number of carbonyl (C=O) groups excluding carboxylic acids is 2. The molecule has 0 radical (unpaired) electrons. The first-order valence-electron chi connectivity index (χ1n) is 19.6. The van der Waals surface area contributed by atoms with Crippen LogP contribution in [-0.4, -0.2) is 123 Å². The minimum absolute atomic E-state index is 0.00250. The van der Waals surface area contributed by atoms with Crippen molar-refractivity contribution in [3.63, 3.8) is 0 Å². The van der Waals surface area contributed by atoms with E-state index in [2.05, 4.69) is 36.4 Å². The maximum atomic E-state index is 14.0. The lowest BCUT2D eigenvalue weighted by atomic mass is 10.1. The Hall–Kier alpha value is -5.05. The molecule has 3 fully saturated rings. The van der Waals surface area contributed by atoms with Gasteiger partial charge in [0.2, 0.25) is 5.91 Å². The number of benzene rings is 1. The quantitative estimate of drug-likeness (QED) is 0.0377. The number of nitrogens with zero attached hydrogens (tertiary/aromatic N) is 6. The summed E-state index contributed by atoms with van der Waals surface area (Å²) in [6, 6.07) is 7.94. The number of nitrogens with two attached hydrogens (primary N) is 2. The van der Waals surface area contributed by atoms with Crippen molar-refractivity contribution in [3.05, 3.63) is 84.0 Å². The second kappa shape index (κ2) is 20.0. The minimum atomic E-state index is -5.42. The third-order valence-electron chi connectivity index (χ3n) is 10.1. The van der Waals surface area contributed by atoms with Crippen molar-refractivity contribution in [1.29, 1.82) is 0 Å². The van der Waals surface area contributed by atoms with Crippen LogP contribution in [0.15, 0.2) is 72.7 Å². The molecule has 3 aliphatic heterocycles. The number of nitrogens with one attached hydrogen (secondary N) is 1. The van der Waals surface area contributed by atoms with E-state index in [0.29, 0.717) is 24.8 Å². The number of aliphatic hydroxyl groups excluding tert-OH is 1. The Kier molecular flexibility index (Phi) is 14.7. The number of aliphatic hydroxyl groups is 1. The number of allylic oxidation sites excluding steroid dienone is 1. The van der Waals surface area contributed by atoms with E-state index in [4.69, 9.17) is 44.2 Å². The normalized spacial score (nSPS) is 27.3. The summed E-state index contributed by atoms with van der Waals surface area (Å²) >= 11 is 0. The fourth-order valence-electron chi connectivity index (χ4n) is 7.19. The fraction of sp³-hybridized carbons (Fsp3) is 0.472. The van der Waals surface area contributed by atoms with Crippen molar-refractivity contribution >= 4 is 50.3 Å². The van der Waals surface area contributed by atoms with E-state index in [9.17, 15) is 43.3 Å². The van der Waals surface area contributed by atoms with Gasteiger partial charge in [0, 0.05) is 25.6 Å². The Balaban J connectivity index is 1.17. The highest BCUT2D eigenvalue weighted by Crippen LogP contribution is 2.51. The van der Waals surface area contributed by atoms with Crippen LogP contribution in [0.25, 0.3) is 11.2 Å². The zero-order chi connectivity index (χ0) is 45.8. The van der Waals surface area contributed by atoms with Gasteiger partial charge >= 0.3 is 27.3 Å². The van der Waals surface area contributed by atoms with Crippen LogP contribution in [0.2, 0.25) is 0 Å². The first kappa shape index (κ1) is 46.9. The number of phosphoric acid groups is 2. The predicted octanol–water partition coefficient (Wildman–Crippen LogP) is 0.272.